The predicted octanol–water partition coefficient (Wildman–Crippen LogP) is 12.3. The summed E-state index contributed by atoms with van der Waals surface area (Å²) < 4.78 is 5.11. The molecule has 7 aromatic carbocycles. The van der Waals surface area contributed by atoms with Crippen molar-refractivity contribution < 1.29 is 0 Å². The van der Waals surface area contributed by atoms with Crippen LogP contribution in [0.1, 0.15) is 0 Å². The maximum absolute atomic E-state index is 2.42. The lowest BCUT2D eigenvalue weighted by molar-refractivity contribution is 1.17. The first-order valence-corrected chi connectivity index (χ1v) is 16.1. The Morgan fingerprint density at radius 2 is 0.978 bits per heavy atom. The third kappa shape index (κ3) is 4.16. The second kappa shape index (κ2) is 10.5. The van der Waals surface area contributed by atoms with E-state index in [4.69, 9.17) is 0 Å². The summed E-state index contributed by atoms with van der Waals surface area (Å²) in [5.74, 6) is 0. The summed E-state index contributed by atoms with van der Waals surface area (Å²) >= 11 is 1.92. The molecule has 45 heavy (non-hydrogen) atoms. The second-order valence-electron chi connectivity index (χ2n) is 11.4. The number of anilines is 3. The van der Waals surface area contributed by atoms with Gasteiger partial charge in [0.05, 0.1) is 11.0 Å². The molecule has 9 rings (SSSR count). The van der Waals surface area contributed by atoms with Gasteiger partial charge >= 0.3 is 0 Å². The van der Waals surface area contributed by atoms with Gasteiger partial charge in [-0.2, -0.15) is 0 Å². The minimum Gasteiger partial charge on any atom is -0.311 e. The molecule has 3 heteroatoms. The van der Waals surface area contributed by atoms with Crippen molar-refractivity contribution >= 4 is 70.4 Å². The van der Waals surface area contributed by atoms with Crippen LogP contribution >= 0.6 is 11.3 Å². The molecule has 0 aliphatic carbocycles. The fourth-order valence-electron chi connectivity index (χ4n) is 6.78. The van der Waals surface area contributed by atoms with Gasteiger partial charge in [0.2, 0.25) is 0 Å². The molecule has 0 amide bonds. The van der Waals surface area contributed by atoms with Crippen LogP contribution in [0.15, 0.2) is 170 Å². The molecule has 2 heterocycles. The van der Waals surface area contributed by atoms with Crippen molar-refractivity contribution in [1.82, 2.24) is 4.57 Å². The van der Waals surface area contributed by atoms with Crippen molar-refractivity contribution in [3.8, 4) is 16.8 Å². The predicted molar refractivity (Wildman–Crippen MR) is 194 cm³/mol. The summed E-state index contributed by atoms with van der Waals surface area (Å²) in [5.41, 5.74) is 9.54. The number of nitrogens with zero attached hydrogens (tertiary/aromatic N) is 2. The van der Waals surface area contributed by atoms with Crippen LogP contribution in [0.25, 0.3) is 58.8 Å². The highest BCUT2D eigenvalue weighted by molar-refractivity contribution is 7.27. The summed E-state index contributed by atoms with van der Waals surface area (Å²) in [6, 6.07) is 61.0. The summed E-state index contributed by atoms with van der Waals surface area (Å²) in [6.07, 6.45) is 0. The van der Waals surface area contributed by atoms with Crippen molar-refractivity contribution in [2.75, 3.05) is 4.90 Å². The monoisotopic (exact) mass is 592 g/mol. The topological polar surface area (TPSA) is 8.17 Å². The molecule has 2 nitrogen and oxygen atoms in total. The molecule has 0 N–H and O–H groups in total. The standard InChI is InChI=1S/C42H28N2S/c1-4-13-29(14-5-1)34-20-12-21-35-36-27-28-39-40(42(36)45-41(34)35)37-19-10-11-22-38(37)44(39)33-25-23-32(24-26-33)43(30-15-6-2-7-16-30)31-17-8-3-9-18-31/h1-28H. The fraction of sp³-hybridized carbons (Fsp3) is 0. The van der Waals surface area contributed by atoms with E-state index in [9.17, 15) is 0 Å². The van der Waals surface area contributed by atoms with E-state index in [0.29, 0.717) is 0 Å². The van der Waals surface area contributed by atoms with Crippen molar-refractivity contribution in [2.45, 2.75) is 0 Å². The largest absolute Gasteiger partial charge is 0.311 e. The fourth-order valence-corrected chi connectivity index (χ4v) is 8.18. The number of para-hydroxylation sites is 3. The van der Waals surface area contributed by atoms with Gasteiger partial charge in [-0.05, 0) is 71.8 Å². The first-order chi connectivity index (χ1) is 22.3. The van der Waals surface area contributed by atoms with E-state index in [0.717, 1.165) is 22.7 Å². The van der Waals surface area contributed by atoms with Gasteiger partial charge in [0.25, 0.3) is 0 Å². The first-order valence-electron chi connectivity index (χ1n) is 15.3. The minimum absolute atomic E-state index is 1.12. The summed E-state index contributed by atoms with van der Waals surface area (Å²) in [6.45, 7) is 0. The molecule has 0 spiro atoms. The van der Waals surface area contributed by atoms with Crippen LogP contribution in [0.2, 0.25) is 0 Å². The number of fused-ring (bicyclic) bond motifs is 7. The van der Waals surface area contributed by atoms with E-state index in [1.807, 2.05) is 11.3 Å². The molecule has 0 atom stereocenters. The summed E-state index contributed by atoms with van der Waals surface area (Å²) in [7, 11) is 0. The Labute approximate surface area is 265 Å². The molecular weight excluding hydrogens is 565 g/mol. The van der Waals surface area contributed by atoms with Gasteiger partial charge < -0.3 is 9.47 Å². The average molecular weight is 593 g/mol. The smallest absolute Gasteiger partial charge is 0.0555 e. The highest BCUT2D eigenvalue weighted by atomic mass is 32.1. The third-order valence-electron chi connectivity index (χ3n) is 8.78. The van der Waals surface area contributed by atoms with E-state index >= 15 is 0 Å². The van der Waals surface area contributed by atoms with Crippen LogP contribution in [-0.4, -0.2) is 4.57 Å². The molecule has 0 saturated carbocycles. The second-order valence-corrected chi connectivity index (χ2v) is 12.4. The molecule has 0 bridgehead atoms. The van der Waals surface area contributed by atoms with Gasteiger partial charge in [-0.15, -0.1) is 11.3 Å². The Hall–Kier alpha value is -5.64. The Morgan fingerprint density at radius 1 is 0.400 bits per heavy atom. The lowest BCUT2D eigenvalue weighted by Gasteiger charge is -2.25. The van der Waals surface area contributed by atoms with Crippen LogP contribution < -0.4 is 4.90 Å². The number of aromatic nitrogens is 1. The lowest BCUT2D eigenvalue weighted by Crippen LogP contribution is -2.09. The van der Waals surface area contributed by atoms with E-state index < -0.39 is 0 Å². The van der Waals surface area contributed by atoms with E-state index in [1.165, 1.54) is 53.1 Å². The van der Waals surface area contributed by atoms with Gasteiger partial charge in [0.1, 0.15) is 0 Å². The van der Waals surface area contributed by atoms with Crippen LogP contribution in [0.3, 0.4) is 0 Å². The van der Waals surface area contributed by atoms with Crippen molar-refractivity contribution in [2.24, 2.45) is 0 Å². The third-order valence-corrected chi connectivity index (χ3v) is 10.1. The Bertz CT molecular complexity index is 2420. The normalized spacial score (nSPS) is 11.6. The van der Waals surface area contributed by atoms with Gasteiger partial charge in [0.15, 0.2) is 0 Å². The molecule has 0 unspecified atom stereocenters. The van der Waals surface area contributed by atoms with Crippen LogP contribution in [0.5, 0.6) is 0 Å². The summed E-state index contributed by atoms with van der Waals surface area (Å²) in [5, 5.41) is 5.24. The van der Waals surface area contributed by atoms with Gasteiger partial charge in [0, 0.05) is 53.7 Å². The highest BCUT2D eigenvalue weighted by Gasteiger charge is 2.19. The molecular formula is C42H28N2S. The van der Waals surface area contributed by atoms with Crippen molar-refractivity contribution in [3.05, 3.63) is 170 Å². The maximum atomic E-state index is 2.42. The molecule has 0 radical (unpaired) electrons. The number of benzene rings is 7. The van der Waals surface area contributed by atoms with Gasteiger partial charge in [-0.25, -0.2) is 0 Å². The Balaban J connectivity index is 1.24. The summed E-state index contributed by atoms with van der Waals surface area (Å²) in [4.78, 5) is 2.31. The molecule has 0 aliphatic rings. The Morgan fingerprint density at radius 3 is 1.69 bits per heavy atom. The van der Waals surface area contributed by atoms with E-state index in [2.05, 4.69) is 179 Å². The van der Waals surface area contributed by atoms with Crippen molar-refractivity contribution in [1.29, 1.82) is 0 Å². The zero-order chi connectivity index (χ0) is 29.7. The van der Waals surface area contributed by atoms with Crippen LogP contribution in [-0.2, 0) is 0 Å². The molecule has 2 aromatic heterocycles. The zero-order valence-corrected chi connectivity index (χ0v) is 25.3. The minimum atomic E-state index is 1.12. The zero-order valence-electron chi connectivity index (χ0n) is 24.5. The number of hydrogen-bond acceptors (Lipinski definition) is 2. The molecule has 212 valence electrons. The van der Waals surface area contributed by atoms with Crippen molar-refractivity contribution in [3.63, 3.8) is 0 Å². The molecule has 0 saturated heterocycles. The quantitative estimate of drug-likeness (QED) is 0.193. The molecule has 9 aromatic rings. The Kier molecular flexibility index (Phi) is 6.03. The SMILES string of the molecule is c1ccc(-c2cccc3c2sc2c3ccc3c2c2ccccc2n3-c2ccc(N(c3ccccc3)c3ccccc3)cc2)cc1. The lowest BCUT2D eigenvalue weighted by atomic mass is 10.0. The van der Waals surface area contributed by atoms with E-state index in [-0.39, 0.29) is 0 Å². The van der Waals surface area contributed by atoms with Crippen LogP contribution in [0.4, 0.5) is 17.1 Å². The van der Waals surface area contributed by atoms with E-state index in [1.54, 1.807) is 0 Å². The van der Waals surface area contributed by atoms with Gasteiger partial charge in [-0.1, -0.05) is 109 Å². The average Bonchev–Trinajstić information content (AvgIpc) is 3.66. The number of thiophene rings is 1. The first kappa shape index (κ1) is 25.8. The van der Waals surface area contributed by atoms with Gasteiger partial charge in [-0.3, -0.25) is 0 Å². The molecule has 0 fully saturated rings. The maximum Gasteiger partial charge on any atom is 0.0555 e. The highest BCUT2D eigenvalue weighted by Crippen LogP contribution is 2.46. The number of hydrogen-bond donors (Lipinski definition) is 0. The molecule has 0 aliphatic heterocycles. The number of rotatable bonds is 5. The van der Waals surface area contributed by atoms with Crippen LogP contribution in [0, 0.1) is 0 Å².